The maximum Gasteiger partial charge on any atom is 0.315 e. The third-order valence-electron chi connectivity index (χ3n) is 4.57. The summed E-state index contributed by atoms with van der Waals surface area (Å²) in [6, 6.07) is 10.1. The average molecular weight is 373 g/mol. The highest BCUT2D eigenvalue weighted by atomic mass is 19.2. The largest absolute Gasteiger partial charge is 0.334 e. The lowest BCUT2D eigenvalue weighted by molar-refractivity contribution is -0.117. The normalized spacial score (nSPS) is 14.9. The van der Waals surface area contributed by atoms with Crippen molar-refractivity contribution in [2.24, 2.45) is 0 Å². The van der Waals surface area contributed by atoms with Gasteiger partial charge < -0.3 is 15.5 Å². The van der Waals surface area contributed by atoms with E-state index < -0.39 is 23.7 Å². The van der Waals surface area contributed by atoms with Crippen molar-refractivity contribution in [1.29, 1.82) is 0 Å². The minimum absolute atomic E-state index is 0.131. The summed E-state index contributed by atoms with van der Waals surface area (Å²) >= 11 is 0. The Morgan fingerprint density at radius 3 is 2.52 bits per heavy atom. The third kappa shape index (κ3) is 4.61. The van der Waals surface area contributed by atoms with Gasteiger partial charge >= 0.3 is 6.03 Å². The second-order valence-electron chi connectivity index (χ2n) is 6.54. The molecule has 2 N–H and O–H groups in total. The number of hydrogen-bond acceptors (Lipinski definition) is 2. The lowest BCUT2D eigenvalue weighted by atomic mass is 10.1. The molecule has 3 rings (SSSR count). The molecule has 7 heteroatoms. The van der Waals surface area contributed by atoms with E-state index in [0.29, 0.717) is 18.5 Å². The van der Waals surface area contributed by atoms with E-state index in [4.69, 9.17) is 0 Å². The van der Waals surface area contributed by atoms with Gasteiger partial charge in [0.25, 0.3) is 0 Å². The molecule has 0 aliphatic carbocycles. The number of halogens is 2. The van der Waals surface area contributed by atoms with Crippen LogP contribution in [0, 0.1) is 11.6 Å². The van der Waals surface area contributed by atoms with Crippen LogP contribution in [0.15, 0.2) is 42.5 Å². The number of anilines is 1. The second kappa shape index (κ2) is 8.16. The molecule has 1 atom stereocenters. The molecule has 0 radical (unpaired) electrons. The Morgan fingerprint density at radius 2 is 1.89 bits per heavy atom. The number of amides is 3. The molecule has 3 amide bonds. The Hall–Kier alpha value is -2.96. The Balaban J connectivity index is 1.51. The zero-order valence-electron chi connectivity index (χ0n) is 15.0. The van der Waals surface area contributed by atoms with Crippen LogP contribution in [0.5, 0.6) is 0 Å². The summed E-state index contributed by atoms with van der Waals surface area (Å²) in [6.45, 7) is 2.74. The first-order valence-electron chi connectivity index (χ1n) is 8.82. The Labute approximate surface area is 156 Å². The zero-order valence-corrected chi connectivity index (χ0v) is 15.0. The van der Waals surface area contributed by atoms with Gasteiger partial charge in [0.1, 0.15) is 0 Å². The summed E-state index contributed by atoms with van der Waals surface area (Å²) in [6.07, 6.45) is 1.46. The number of urea groups is 1. The lowest BCUT2D eigenvalue weighted by Crippen LogP contribution is -2.36. The van der Waals surface area contributed by atoms with E-state index >= 15 is 0 Å². The van der Waals surface area contributed by atoms with Crippen molar-refractivity contribution < 1.29 is 18.4 Å². The molecule has 1 aliphatic heterocycles. The maximum atomic E-state index is 13.3. The minimum Gasteiger partial charge on any atom is -0.334 e. The Morgan fingerprint density at radius 1 is 1.15 bits per heavy atom. The maximum absolute atomic E-state index is 13.3. The smallest absolute Gasteiger partial charge is 0.315 e. The fourth-order valence-electron chi connectivity index (χ4n) is 3.01. The number of nitrogens with one attached hydrogen (secondary N) is 2. The molecule has 0 bridgehead atoms. The number of nitrogens with zero attached hydrogens (tertiary/aromatic N) is 1. The topological polar surface area (TPSA) is 61.4 Å². The van der Waals surface area contributed by atoms with Crippen LogP contribution < -0.4 is 15.5 Å². The third-order valence-corrected chi connectivity index (χ3v) is 4.57. The van der Waals surface area contributed by atoms with Crippen LogP contribution in [0.3, 0.4) is 0 Å². The summed E-state index contributed by atoms with van der Waals surface area (Å²) in [4.78, 5) is 25.5. The van der Waals surface area contributed by atoms with Gasteiger partial charge in [0, 0.05) is 25.2 Å². The zero-order chi connectivity index (χ0) is 19.4. The van der Waals surface area contributed by atoms with Gasteiger partial charge in [-0.2, -0.15) is 0 Å². The van der Waals surface area contributed by atoms with Gasteiger partial charge in [-0.05, 0) is 48.7 Å². The van der Waals surface area contributed by atoms with E-state index in [1.54, 1.807) is 11.8 Å². The molecule has 0 spiro atoms. The molecule has 27 heavy (non-hydrogen) atoms. The lowest BCUT2D eigenvalue weighted by Gasteiger charge is -2.17. The monoisotopic (exact) mass is 373 g/mol. The predicted molar refractivity (Wildman–Crippen MR) is 98.2 cm³/mol. The molecule has 2 aromatic carbocycles. The highest BCUT2D eigenvalue weighted by Crippen LogP contribution is 2.21. The number of carbonyl (C=O) groups excluding carboxylic acids is 2. The van der Waals surface area contributed by atoms with Crippen LogP contribution >= 0.6 is 0 Å². The highest BCUT2D eigenvalue weighted by Gasteiger charge is 2.21. The SMILES string of the molecule is CC(NC(=O)NCc1ccc(N2CCCC2=O)cc1)c1ccc(F)c(F)c1. The number of hydrogen-bond donors (Lipinski definition) is 2. The average Bonchev–Trinajstić information content (AvgIpc) is 3.08. The van der Waals surface area contributed by atoms with Crippen molar-refractivity contribution in [2.75, 3.05) is 11.4 Å². The van der Waals surface area contributed by atoms with Crippen LogP contribution in [-0.4, -0.2) is 18.5 Å². The van der Waals surface area contributed by atoms with Crippen molar-refractivity contribution in [2.45, 2.75) is 32.4 Å². The number of benzene rings is 2. The summed E-state index contributed by atoms with van der Waals surface area (Å²) in [5, 5.41) is 5.41. The first-order valence-corrected chi connectivity index (χ1v) is 8.82. The molecule has 2 aromatic rings. The predicted octanol–water partition coefficient (Wildman–Crippen LogP) is 3.65. The summed E-state index contributed by atoms with van der Waals surface area (Å²) < 4.78 is 26.3. The van der Waals surface area contributed by atoms with Gasteiger partial charge in [0.2, 0.25) is 5.91 Å². The first kappa shape index (κ1) is 18.8. The molecular formula is C20H21F2N3O2. The van der Waals surface area contributed by atoms with E-state index in [0.717, 1.165) is 36.3 Å². The van der Waals surface area contributed by atoms with Gasteiger partial charge in [0.05, 0.1) is 6.04 Å². The molecule has 0 saturated carbocycles. The molecule has 1 unspecified atom stereocenters. The molecule has 5 nitrogen and oxygen atoms in total. The molecule has 1 heterocycles. The van der Waals surface area contributed by atoms with Crippen molar-refractivity contribution in [1.82, 2.24) is 10.6 Å². The summed E-state index contributed by atoms with van der Waals surface area (Å²) in [5.41, 5.74) is 2.22. The Bertz CT molecular complexity index is 840. The number of rotatable bonds is 5. The van der Waals surface area contributed by atoms with Gasteiger partial charge in [-0.3, -0.25) is 4.79 Å². The van der Waals surface area contributed by atoms with Crippen LogP contribution in [0.25, 0.3) is 0 Å². The summed E-state index contributed by atoms with van der Waals surface area (Å²) in [7, 11) is 0. The second-order valence-corrected chi connectivity index (χ2v) is 6.54. The van der Waals surface area contributed by atoms with Gasteiger partial charge in [0.15, 0.2) is 11.6 Å². The van der Waals surface area contributed by atoms with Crippen LogP contribution in [0.1, 0.15) is 36.9 Å². The van der Waals surface area contributed by atoms with E-state index in [9.17, 15) is 18.4 Å². The van der Waals surface area contributed by atoms with Crippen LogP contribution in [0.4, 0.5) is 19.3 Å². The van der Waals surface area contributed by atoms with Crippen LogP contribution in [0.2, 0.25) is 0 Å². The first-order chi connectivity index (χ1) is 12.9. The van der Waals surface area contributed by atoms with Crippen molar-refractivity contribution in [3.05, 3.63) is 65.2 Å². The standard InChI is InChI=1S/C20H21F2N3O2/c1-13(15-6-9-17(21)18(22)11-15)24-20(27)23-12-14-4-7-16(8-5-14)25-10-2-3-19(25)26/h4-9,11,13H,2-3,10,12H2,1H3,(H2,23,24,27). The van der Waals surface area contributed by atoms with Crippen LogP contribution in [-0.2, 0) is 11.3 Å². The summed E-state index contributed by atoms with van der Waals surface area (Å²) in [5.74, 6) is -1.74. The molecular weight excluding hydrogens is 352 g/mol. The Kier molecular flexibility index (Phi) is 5.69. The molecule has 1 aliphatic rings. The van der Waals surface area contributed by atoms with Gasteiger partial charge in [-0.25, -0.2) is 13.6 Å². The minimum atomic E-state index is -0.946. The molecule has 142 valence electrons. The fraction of sp³-hybridized carbons (Fsp3) is 0.300. The molecule has 1 saturated heterocycles. The van der Waals surface area contributed by atoms with Crippen molar-refractivity contribution >= 4 is 17.6 Å². The molecule has 0 aromatic heterocycles. The van der Waals surface area contributed by atoms with Crippen molar-refractivity contribution in [3.63, 3.8) is 0 Å². The highest BCUT2D eigenvalue weighted by molar-refractivity contribution is 5.95. The number of carbonyl (C=O) groups is 2. The quantitative estimate of drug-likeness (QED) is 0.840. The molecule has 1 fully saturated rings. The van der Waals surface area contributed by atoms with E-state index in [1.165, 1.54) is 6.07 Å². The van der Waals surface area contributed by atoms with Crippen molar-refractivity contribution in [3.8, 4) is 0 Å². The van der Waals surface area contributed by atoms with E-state index in [2.05, 4.69) is 10.6 Å². The van der Waals surface area contributed by atoms with E-state index in [-0.39, 0.29) is 5.91 Å². The fourth-order valence-corrected chi connectivity index (χ4v) is 3.01. The van der Waals surface area contributed by atoms with Gasteiger partial charge in [-0.15, -0.1) is 0 Å². The van der Waals surface area contributed by atoms with E-state index in [1.807, 2.05) is 24.3 Å². The van der Waals surface area contributed by atoms with Gasteiger partial charge in [-0.1, -0.05) is 18.2 Å².